The van der Waals surface area contributed by atoms with Gasteiger partial charge in [0.2, 0.25) is 0 Å². The van der Waals surface area contributed by atoms with E-state index in [4.69, 9.17) is 24.0 Å². The number of rotatable bonds is 2. The van der Waals surface area contributed by atoms with Crippen molar-refractivity contribution in [2.45, 2.75) is 65.7 Å². The van der Waals surface area contributed by atoms with Gasteiger partial charge < -0.3 is 0 Å². The van der Waals surface area contributed by atoms with Gasteiger partial charge in [-0.2, -0.15) is 0 Å². The minimum absolute atomic E-state index is 0.103. The largest absolute Gasteiger partial charge is 0.0911 e. The molecule has 0 bridgehead atoms. The molecule has 0 aliphatic rings. The number of thiocarbonyl (C=S) groups is 1. The maximum Gasteiger partial charge on any atom is 0.0202 e. The van der Waals surface area contributed by atoms with E-state index in [-0.39, 0.29) is 10.3 Å². The summed E-state index contributed by atoms with van der Waals surface area (Å²) in [5.74, 6) is 0.404. The van der Waals surface area contributed by atoms with Gasteiger partial charge in [-0.1, -0.05) is 67.2 Å². The fraction of sp³-hybridized carbons (Fsp3) is 0.846. The maximum atomic E-state index is 6.12. The fourth-order valence-corrected chi connectivity index (χ4v) is 8.18. The van der Waals surface area contributed by atoms with Gasteiger partial charge in [-0.3, -0.25) is 0 Å². The van der Waals surface area contributed by atoms with Crippen molar-refractivity contribution in [3.05, 3.63) is 5.31 Å². The van der Waals surface area contributed by atoms with Gasteiger partial charge in [0.05, 0.1) is 0 Å². The average Bonchev–Trinajstić information content (AvgIpc) is 1.99. The van der Waals surface area contributed by atoms with Gasteiger partial charge >= 0.3 is 0 Å². The Kier molecular flexibility index (Phi) is 5.19. The van der Waals surface area contributed by atoms with Crippen LogP contribution in [0.1, 0.15) is 55.4 Å². The van der Waals surface area contributed by atoms with Crippen molar-refractivity contribution in [3.63, 3.8) is 0 Å². The molecule has 0 saturated heterocycles. The van der Waals surface area contributed by atoms with Crippen LogP contribution in [0.5, 0.6) is 0 Å². The Bertz CT molecular complexity index is 329. The molecule has 0 rings (SSSR count). The van der Waals surface area contributed by atoms with Crippen LogP contribution < -0.4 is 0 Å². The summed E-state index contributed by atoms with van der Waals surface area (Å²) in [6.07, 6.45) is 0. The van der Waals surface area contributed by atoms with E-state index in [0.29, 0.717) is 5.92 Å². The molecule has 0 amide bonds. The Balaban J connectivity index is 6.03. The molecule has 0 fully saturated rings. The SMILES string of the molecule is CC(C)C(=C=S)P(=S)(C(C)(C)C)C(C)(C)C. The molecule has 0 spiro atoms. The number of allylic oxidation sites excluding steroid dienone is 1. The summed E-state index contributed by atoms with van der Waals surface area (Å²) in [6.45, 7) is 17.8. The fourth-order valence-electron chi connectivity index (χ4n) is 2.27. The first-order chi connectivity index (χ1) is 6.89. The Morgan fingerprint density at radius 1 is 1.00 bits per heavy atom. The third-order valence-electron chi connectivity index (χ3n) is 2.88. The molecular weight excluding hydrogens is 251 g/mol. The molecule has 0 unspecified atom stereocenters. The summed E-state index contributed by atoms with van der Waals surface area (Å²) in [5, 5.41) is 4.41. The second-order valence-corrected chi connectivity index (χ2v) is 12.8. The molecule has 0 nitrogen and oxygen atoms in total. The molecule has 0 aromatic heterocycles. The van der Waals surface area contributed by atoms with E-state index in [1.54, 1.807) is 0 Å². The summed E-state index contributed by atoms with van der Waals surface area (Å²) in [4.78, 5) is 0. The van der Waals surface area contributed by atoms with Crippen LogP contribution in [0.3, 0.4) is 0 Å². The lowest BCUT2D eigenvalue weighted by molar-refractivity contribution is 0.695. The molecule has 0 atom stereocenters. The smallest absolute Gasteiger partial charge is 0.0202 e. The molecule has 0 aromatic carbocycles. The highest BCUT2D eigenvalue weighted by molar-refractivity contribution is 8.18. The highest BCUT2D eigenvalue weighted by atomic mass is 32.4. The molecule has 0 N–H and O–H groups in total. The molecule has 0 aliphatic carbocycles. The van der Waals surface area contributed by atoms with Crippen molar-refractivity contribution in [2.24, 2.45) is 5.92 Å². The first-order valence-electron chi connectivity index (χ1n) is 5.75. The molecular formula is C13H25PS2. The Hall–Kier alpha value is 0.520. The van der Waals surface area contributed by atoms with Gasteiger partial charge in [0, 0.05) is 5.31 Å². The van der Waals surface area contributed by atoms with Crippen LogP contribution in [-0.2, 0) is 11.8 Å². The summed E-state index contributed by atoms with van der Waals surface area (Å²) < 4.78 is 0. The van der Waals surface area contributed by atoms with Crippen molar-refractivity contribution in [1.29, 1.82) is 0 Å². The lowest BCUT2D eigenvalue weighted by Gasteiger charge is -2.46. The molecule has 16 heavy (non-hydrogen) atoms. The second kappa shape index (κ2) is 5.02. The van der Waals surface area contributed by atoms with E-state index >= 15 is 0 Å². The van der Waals surface area contributed by atoms with Crippen molar-refractivity contribution in [3.8, 4) is 0 Å². The number of hydrogen-bond acceptors (Lipinski definition) is 2. The van der Waals surface area contributed by atoms with E-state index in [9.17, 15) is 0 Å². The van der Waals surface area contributed by atoms with Gasteiger partial charge in [0.1, 0.15) is 0 Å². The monoisotopic (exact) mass is 276 g/mol. The van der Waals surface area contributed by atoms with Crippen LogP contribution >= 0.6 is 18.3 Å². The van der Waals surface area contributed by atoms with Crippen LogP contribution in [0, 0.1) is 5.92 Å². The van der Waals surface area contributed by atoms with Gasteiger partial charge in [0.25, 0.3) is 0 Å². The molecule has 3 heteroatoms. The molecule has 0 heterocycles. The lowest BCUT2D eigenvalue weighted by atomic mass is 10.2. The molecule has 0 saturated carbocycles. The van der Waals surface area contributed by atoms with Crippen LogP contribution in [0.15, 0.2) is 5.31 Å². The highest BCUT2D eigenvalue weighted by Crippen LogP contribution is 2.72. The zero-order chi connectivity index (χ0) is 13.4. The quantitative estimate of drug-likeness (QED) is 0.502. The molecule has 94 valence electrons. The third-order valence-corrected chi connectivity index (χ3v) is 12.2. The van der Waals surface area contributed by atoms with Crippen LogP contribution in [-0.4, -0.2) is 15.3 Å². The van der Waals surface area contributed by atoms with Gasteiger partial charge in [0.15, 0.2) is 0 Å². The average molecular weight is 276 g/mol. The van der Waals surface area contributed by atoms with Crippen molar-refractivity contribution < 1.29 is 0 Å². The molecule has 0 radical (unpaired) electrons. The Labute approximate surface area is 112 Å². The first kappa shape index (κ1) is 16.5. The van der Waals surface area contributed by atoms with E-state index in [0.717, 1.165) is 0 Å². The van der Waals surface area contributed by atoms with E-state index < -0.39 is 6.04 Å². The van der Waals surface area contributed by atoms with E-state index in [1.165, 1.54) is 5.31 Å². The summed E-state index contributed by atoms with van der Waals surface area (Å²) in [7, 11) is 0. The van der Waals surface area contributed by atoms with Gasteiger partial charge in [-0.15, -0.1) is 0 Å². The van der Waals surface area contributed by atoms with Gasteiger partial charge in [-0.25, -0.2) is 0 Å². The zero-order valence-electron chi connectivity index (χ0n) is 11.8. The van der Waals surface area contributed by atoms with Gasteiger partial charge in [-0.05, 0) is 39.5 Å². The number of hydrogen-bond donors (Lipinski definition) is 0. The first-order valence-corrected chi connectivity index (χ1v) is 8.96. The lowest BCUT2D eigenvalue weighted by Crippen LogP contribution is -2.30. The predicted molar refractivity (Wildman–Crippen MR) is 84.7 cm³/mol. The third kappa shape index (κ3) is 2.85. The Morgan fingerprint density at radius 3 is 1.38 bits per heavy atom. The van der Waals surface area contributed by atoms with E-state index in [1.807, 2.05) is 0 Å². The minimum Gasteiger partial charge on any atom is -0.0911 e. The topological polar surface area (TPSA) is 0 Å². The summed E-state index contributed by atoms with van der Waals surface area (Å²) in [6, 6.07) is -1.72. The van der Waals surface area contributed by atoms with Crippen molar-refractivity contribution in [1.82, 2.24) is 0 Å². The normalized spacial score (nSPS) is 13.8. The zero-order valence-corrected chi connectivity index (χ0v) is 14.4. The van der Waals surface area contributed by atoms with Crippen LogP contribution in [0.2, 0.25) is 0 Å². The van der Waals surface area contributed by atoms with Crippen LogP contribution in [0.25, 0.3) is 0 Å². The molecule has 0 aliphatic heterocycles. The summed E-state index contributed by atoms with van der Waals surface area (Å²) in [5.41, 5.74) is 0. The second-order valence-electron chi connectivity index (χ2n) is 6.59. The minimum atomic E-state index is -1.72. The Morgan fingerprint density at radius 2 is 1.31 bits per heavy atom. The maximum absolute atomic E-state index is 6.12. The van der Waals surface area contributed by atoms with Crippen molar-refractivity contribution in [2.75, 3.05) is 0 Å². The standard InChI is InChI=1S/C13H25PS2/c1-10(2)11(9-15)14(16,12(3,4)5)13(6,7)8/h10H,1-8H3. The van der Waals surface area contributed by atoms with E-state index in [2.05, 4.69) is 60.4 Å². The molecule has 0 aromatic rings. The van der Waals surface area contributed by atoms with Crippen molar-refractivity contribution >= 4 is 35.1 Å². The van der Waals surface area contributed by atoms with Crippen LogP contribution in [0.4, 0.5) is 0 Å². The predicted octanol–water partition coefficient (Wildman–Crippen LogP) is 5.20. The highest BCUT2D eigenvalue weighted by Gasteiger charge is 2.45. The summed E-state index contributed by atoms with van der Waals surface area (Å²) >= 11 is 11.2.